The van der Waals surface area contributed by atoms with Crippen LogP contribution in [-0.4, -0.2) is 65.9 Å². The molecule has 2 atom stereocenters. The summed E-state index contributed by atoms with van der Waals surface area (Å²) in [6, 6.07) is 7.22. The molecule has 25 heavy (non-hydrogen) atoms. The molecule has 3 aliphatic heterocycles. The van der Waals surface area contributed by atoms with Crippen LogP contribution in [0.2, 0.25) is 0 Å². The van der Waals surface area contributed by atoms with E-state index in [9.17, 15) is 9.18 Å². The number of likely N-dealkylation sites (tertiary alicyclic amines) is 3. The topological polar surface area (TPSA) is 26.8 Å². The van der Waals surface area contributed by atoms with Crippen molar-refractivity contribution in [3.05, 3.63) is 35.6 Å². The molecule has 3 heterocycles. The van der Waals surface area contributed by atoms with Crippen molar-refractivity contribution in [3.8, 4) is 0 Å². The van der Waals surface area contributed by atoms with E-state index >= 15 is 0 Å². The Bertz CT molecular complexity index is 629. The lowest BCUT2D eigenvalue weighted by molar-refractivity contribution is -0.148. The fraction of sp³-hybridized carbons (Fsp3) is 0.650. The van der Waals surface area contributed by atoms with Gasteiger partial charge in [0.15, 0.2) is 0 Å². The van der Waals surface area contributed by atoms with Crippen LogP contribution < -0.4 is 0 Å². The minimum absolute atomic E-state index is 0.0365. The van der Waals surface area contributed by atoms with Gasteiger partial charge in [-0.2, -0.15) is 0 Å². The number of piperidine rings is 3. The largest absolute Gasteiger partial charge is 0.337 e. The maximum absolute atomic E-state index is 13.5. The van der Waals surface area contributed by atoms with Crippen LogP contribution in [0.3, 0.4) is 0 Å². The Balaban J connectivity index is 1.47. The zero-order valence-electron chi connectivity index (χ0n) is 15.0. The van der Waals surface area contributed by atoms with Crippen molar-refractivity contribution in [2.75, 3.05) is 33.2 Å². The Morgan fingerprint density at radius 1 is 1.16 bits per heavy atom. The molecule has 0 radical (unpaired) electrons. The molecular weight excluding hydrogens is 317 g/mol. The van der Waals surface area contributed by atoms with Gasteiger partial charge in [0.25, 0.3) is 0 Å². The fourth-order valence-corrected chi connectivity index (χ4v) is 4.84. The highest BCUT2D eigenvalue weighted by Gasteiger charge is 2.43. The minimum atomic E-state index is -0.227. The van der Waals surface area contributed by atoms with Crippen molar-refractivity contribution < 1.29 is 9.18 Å². The number of fused-ring (bicyclic) bond motifs is 2. The predicted octanol–water partition coefficient (Wildman–Crippen LogP) is 2.34. The summed E-state index contributed by atoms with van der Waals surface area (Å²) in [5, 5.41) is 0. The summed E-state index contributed by atoms with van der Waals surface area (Å²) in [6.45, 7) is 4.66. The molecule has 5 heteroatoms. The van der Waals surface area contributed by atoms with E-state index in [1.54, 1.807) is 12.1 Å². The fourth-order valence-electron chi connectivity index (χ4n) is 4.84. The van der Waals surface area contributed by atoms with Crippen molar-refractivity contribution in [1.29, 1.82) is 0 Å². The molecule has 0 aromatic heterocycles. The summed E-state index contributed by atoms with van der Waals surface area (Å²) >= 11 is 0. The summed E-state index contributed by atoms with van der Waals surface area (Å²) in [5.74, 6) is 0.619. The van der Waals surface area contributed by atoms with E-state index in [2.05, 4.69) is 16.8 Å². The monoisotopic (exact) mass is 345 g/mol. The number of nitrogens with zero attached hydrogens (tertiary/aromatic N) is 3. The maximum Gasteiger partial charge on any atom is 0.240 e. The number of amides is 1. The molecule has 0 N–H and O–H groups in total. The summed E-state index contributed by atoms with van der Waals surface area (Å²) in [5.41, 5.74) is 0.888. The minimum Gasteiger partial charge on any atom is -0.337 e. The van der Waals surface area contributed by atoms with Gasteiger partial charge < -0.3 is 9.80 Å². The molecule has 0 aliphatic carbocycles. The lowest BCUT2D eigenvalue weighted by Crippen LogP contribution is -2.61. The lowest BCUT2D eigenvalue weighted by Gasteiger charge is -2.50. The van der Waals surface area contributed by atoms with Gasteiger partial charge in [-0.1, -0.05) is 12.1 Å². The Morgan fingerprint density at radius 3 is 2.72 bits per heavy atom. The van der Waals surface area contributed by atoms with Gasteiger partial charge in [-0.15, -0.1) is 0 Å². The van der Waals surface area contributed by atoms with Gasteiger partial charge in [0.05, 0.1) is 6.04 Å². The Hall–Kier alpha value is -1.46. The molecule has 1 amide bonds. The molecule has 2 bridgehead atoms. The van der Waals surface area contributed by atoms with Gasteiger partial charge >= 0.3 is 0 Å². The number of carbonyl (C=O) groups excluding carboxylic acids is 1. The van der Waals surface area contributed by atoms with Crippen LogP contribution in [0.15, 0.2) is 24.3 Å². The zero-order chi connectivity index (χ0) is 17.4. The number of hydrogen-bond acceptors (Lipinski definition) is 3. The molecule has 0 saturated carbocycles. The van der Waals surface area contributed by atoms with Crippen molar-refractivity contribution in [2.45, 2.75) is 44.3 Å². The van der Waals surface area contributed by atoms with Gasteiger partial charge in [-0.3, -0.25) is 9.69 Å². The molecule has 0 spiro atoms. The standard InChI is InChI=1S/C20H28FN3O/c1-22-8-6-18(7-9-22)24-10-5-16-12-19(24)20(25)23(14-16)13-15-3-2-4-17(21)11-15/h2-4,11,16,18-19H,5-10,12-14H2,1H3/t16-,19+/m0/s1. The number of benzene rings is 1. The second kappa shape index (κ2) is 7.04. The summed E-state index contributed by atoms with van der Waals surface area (Å²) in [6.07, 6.45) is 4.50. The van der Waals surface area contributed by atoms with E-state index in [0.29, 0.717) is 18.5 Å². The smallest absolute Gasteiger partial charge is 0.240 e. The van der Waals surface area contributed by atoms with E-state index in [1.165, 1.54) is 12.5 Å². The van der Waals surface area contributed by atoms with Crippen LogP contribution in [0.5, 0.6) is 0 Å². The lowest BCUT2D eigenvalue weighted by atomic mass is 9.83. The highest BCUT2D eigenvalue weighted by atomic mass is 19.1. The number of halogens is 1. The first-order valence-electron chi connectivity index (χ1n) is 9.57. The maximum atomic E-state index is 13.5. The van der Waals surface area contributed by atoms with Crippen LogP contribution in [0.4, 0.5) is 4.39 Å². The average Bonchev–Trinajstić information content (AvgIpc) is 2.61. The highest BCUT2D eigenvalue weighted by molar-refractivity contribution is 5.83. The van der Waals surface area contributed by atoms with E-state index in [-0.39, 0.29) is 17.8 Å². The van der Waals surface area contributed by atoms with Crippen molar-refractivity contribution in [2.24, 2.45) is 5.92 Å². The molecule has 4 nitrogen and oxygen atoms in total. The summed E-state index contributed by atoms with van der Waals surface area (Å²) in [7, 11) is 2.18. The van der Waals surface area contributed by atoms with Gasteiger partial charge in [0.2, 0.25) is 5.91 Å². The Kier molecular flexibility index (Phi) is 4.78. The van der Waals surface area contributed by atoms with Crippen LogP contribution in [0.25, 0.3) is 0 Å². The molecule has 136 valence electrons. The van der Waals surface area contributed by atoms with Crippen LogP contribution in [-0.2, 0) is 11.3 Å². The van der Waals surface area contributed by atoms with Crippen molar-refractivity contribution in [1.82, 2.24) is 14.7 Å². The van der Waals surface area contributed by atoms with Crippen molar-refractivity contribution >= 4 is 5.91 Å². The number of carbonyl (C=O) groups is 1. The SMILES string of the molecule is CN1CCC(N2CC[C@H]3C[C@@H]2C(=O)N(Cc2cccc(F)c2)C3)CC1. The average molecular weight is 345 g/mol. The Labute approximate surface area is 149 Å². The first kappa shape index (κ1) is 17.0. The van der Waals surface area contributed by atoms with E-state index in [4.69, 9.17) is 0 Å². The zero-order valence-corrected chi connectivity index (χ0v) is 15.0. The quantitative estimate of drug-likeness (QED) is 0.841. The van der Waals surface area contributed by atoms with Crippen LogP contribution in [0.1, 0.15) is 31.2 Å². The third-order valence-corrected chi connectivity index (χ3v) is 6.25. The Morgan fingerprint density at radius 2 is 1.96 bits per heavy atom. The van der Waals surface area contributed by atoms with Crippen LogP contribution >= 0.6 is 0 Å². The van der Waals surface area contributed by atoms with E-state index in [1.807, 2.05) is 11.0 Å². The van der Waals surface area contributed by atoms with Gasteiger partial charge in [-0.05, 0) is 76.0 Å². The number of rotatable bonds is 3. The van der Waals surface area contributed by atoms with Crippen molar-refractivity contribution in [3.63, 3.8) is 0 Å². The van der Waals surface area contributed by atoms with Gasteiger partial charge in [0, 0.05) is 19.1 Å². The van der Waals surface area contributed by atoms with Gasteiger partial charge in [0.1, 0.15) is 5.82 Å². The van der Waals surface area contributed by atoms with E-state index < -0.39 is 0 Å². The second-order valence-corrected chi connectivity index (χ2v) is 8.03. The van der Waals surface area contributed by atoms with Crippen LogP contribution in [0, 0.1) is 11.7 Å². The summed E-state index contributed by atoms with van der Waals surface area (Å²) < 4.78 is 13.5. The molecule has 3 saturated heterocycles. The molecular formula is C20H28FN3O. The second-order valence-electron chi connectivity index (χ2n) is 8.03. The molecule has 3 aliphatic rings. The first-order chi connectivity index (χ1) is 12.1. The van der Waals surface area contributed by atoms with Gasteiger partial charge in [-0.25, -0.2) is 4.39 Å². The number of hydrogen-bond donors (Lipinski definition) is 0. The molecule has 1 aromatic carbocycles. The third kappa shape index (κ3) is 3.58. The van der Waals surface area contributed by atoms with E-state index in [0.717, 1.165) is 51.0 Å². The molecule has 4 rings (SSSR count). The highest BCUT2D eigenvalue weighted by Crippen LogP contribution is 2.34. The normalized spacial score (nSPS) is 29.2. The first-order valence-corrected chi connectivity index (χ1v) is 9.57. The third-order valence-electron chi connectivity index (χ3n) is 6.25. The molecule has 1 aromatic rings. The molecule has 3 fully saturated rings. The molecule has 0 unspecified atom stereocenters. The summed E-state index contributed by atoms with van der Waals surface area (Å²) in [4.78, 5) is 20.0. The predicted molar refractivity (Wildman–Crippen MR) is 95.6 cm³/mol.